The van der Waals surface area contributed by atoms with Crippen LogP contribution < -0.4 is 15.2 Å². The molecule has 0 spiro atoms. The van der Waals surface area contributed by atoms with E-state index in [4.69, 9.17) is 15.2 Å². The number of hydrogen-bond donors (Lipinski definition) is 1. The van der Waals surface area contributed by atoms with Crippen molar-refractivity contribution in [1.29, 1.82) is 0 Å². The Balaban J connectivity index is 2.12. The first-order valence-corrected chi connectivity index (χ1v) is 6.27. The van der Waals surface area contributed by atoms with E-state index in [0.717, 1.165) is 37.6 Å². The highest BCUT2D eigenvalue weighted by Crippen LogP contribution is 2.47. The molecule has 1 atom stereocenters. The van der Waals surface area contributed by atoms with Gasteiger partial charge >= 0.3 is 0 Å². The van der Waals surface area contributed by atoms with Gasteiger partial charge in [-0.2, -0.15) is 0 Å². The van der Waals surface area contributed by atoms with Crippen molar-refractivity contribution in [3.05, 3.63) is 23.3 Å². The minimum Gasteiger partial charge on any atom is -0.490 e. The fraction of sp³-hybridized carbons (Fsp3) is 0.571. The topological polar surface area (TPSA) is 44.5 Å². The summed E-state index contributed by atoms with van der Waals surface area (Å²) in [5.41, 5.74) is 8.87. The van der Waals surface area contributed by atoms with Crippen molar-refractivity contribution in [1.82, 2.24) is 0 Å². The van der Waals surface area contributed by atoms with Crippen molar-refractivity contribution in [2.75, 3.05) is 13.2 Å². The van der Waals surface area contributed by atoms with Gasteiger partial charge in [-0.15, -0.1) is 0 Å². The molecule has 0 fully saturated rings. The lowest BCUT2D eigenvalue weighted by molar-refractivity contribution is 0.296. The molecule has 2 N–H and O–H groups in total. The van der Waals surface area contributed by atoms with E-state index >= 15 is 0 Å². The maximum atomic E-state index is 6.20. The zero-order chi connectivity index (χ0) is 12.0. The zero-order valence-electron chi connectivity index (χ0n) is 10.5. The van der Waals surface area contributed by atoms with Gasteiger partial charge in [-0.3, -0.25) is 0 Å². The van der Waals surface area contributed by atoms with Gasteiger partial charge in [0, 0.05) is 12.5 Å². The van der Waals surface area contributed by atoms with E-state index in [1.807, 2.05) is 0 Å². The van der Waals surface area contributed by atoms with E-state index in [-0.39, 0.29) is 11.5 Å². The molecule has 0 radical (unpaired) electrons. The van der Waals surface area contributed by atoms with E-state index in [2.05, 4.69) is 26.0 Å². The molecule has 1 aliphatic heterocycles. The summed E-state index contributed by atoms with van der Waals surface area (Å²) in [5, 5.41) is 0. The first-order valence-electron chi connectivity index (χ1n) is 6.27. The molecule has 0 amide bonds. The Kier molecular flexibility index (Phi) is 2.33. The second-order valence-electron chi connectivity index (χ2n) is 5.63. The molecular weight excluding hydrogens is 214 g/mol. The lowest BCUT2D eigenvalue weighted by Gasteiger charge is -2.20. The molecule has 1 aliphatic carbocycles. The summed E-state index contributed by atoms with van der Waals surface area (Å²) in [7, 11) is 0. The second-order valence-corrected chi connectivity index (χ2v) is 5.63. The second kappa shape index (κ2) is 3.64. The Labute approximate surface area is 102 Å². The Morgan fingerprint density at radius 1 is 1.18 bits per heavy atom. The van der Waals surface area contributed by atoms with Crippen molar-refractivity contribution in [3.63, 3.8) is 0 Å². The van der Waals surface area contributed by atoms with Crippen LogP contribution in [-0.4, -0.2) is 13.2 Å². The van der Waals surface area contributed by atoms with Gasteiger partial charge in [-0.05, 0) is 35.1 Å². The number of benzene rings is 1. The number of fused-ring (bicyclic) bond motifs is 2. The average molecular weight is 233 g/mol. The van der Waals surface area contributed by atoms with Crippen molar-refractivity contribution in [3.8, 4) is 11.5 Å². The lowest BCUT2D eigenvalue weighted by Crippen LogP contribution is -2.14. The quantitative estimate of drug-likeness (QED) is 0.749. The third-order valence-electron chi connectivity index (χ3n) is 3.78. The van der Waals surface area contributed by atoms with Gasteiger partial charge in [-0.25, -0.2) is 0 Å². The number of hydrogen-bond acceptors (Lipinski definition) is 3. The molecule has 0 bridgehead atoms. The van der Waals surface area contributed by atoms with E-state index in [0.29, 0.717) is 0 Å². The summed E-state index contributed by atoms with van der Waals surface area (Å²) in [6.07, 6.45) is 1.93. The molecule has 1 aromatic rings. The van der Waals surface area contributed by atoms with Crippen molar-refractivity contribution in [2.45, 2.75) is 38.1 Å². The van der Waals surface area contributed by atoms with Crippen molar-refractivity contribution in [2.24, 2.45) is 5.73 Å². The lowest BCUT2D eigenvalue weighted by atomic mass is 9.86. The summed E-state index contributed by atoms with van der Waals surface area (Å²) in [4.78, 5) is 0. The zero-order valence-corrected chi connectivity index (χ0v) is 10.5. The van der Waals surface area contributed by atoms with E-state index in [1.54, 1.807) is 0 Å². The predicted octanol–water partition coefficient (Wildman–Crippen LogP) is 2.53. The van der Waals surface area contributed by atoms with Crippen LogP contribution in [0.3, 0.4) is 0 Å². The van der Waals surface area contributed by atoms with Crippen LogP contribution in [0.2, 0.25) is 0 Å². The molecule has 0 saturated carbocycles. The van der Waals surface area contributed by atoms with Gasteiger partial charge in [0.05, 0.1) is 13.2 Å². The van der Waals surface area contributed by atoms with Crippen LogP contribution in [0.25, 0.3) is 0 Å². The number of ether oxygens (including phenoxy) is 2. The normalized spacial score (nSPS) is 25.2. The minimum absolute atomic E-state index is 0.122. The molecule has 0 aromatic heterocycles. The van der Waals surface area contributed by atoms with Crippen molar-refractivity contribution < 1.29 is 9.47 Å². The molecule has 2 aliphatic rings. The van der Waals surface area contributed by atoms with Gasteiger partial charge in [-0.1, -0.05) is 13.8 Å². The Morgan fingerprint density at radius 2 is 1.82 bits per heavy atom. The van der Waals surface area contributed by atoms with Crippen LogP contribution in [0.5, 0.6) is 11.5 Å². The van der Waals surface area contributed by atoms with E-state index in [1.165, 1.54) is 11.1 Å². The van der Waals surface area contributed by atoms with Gasteiger partial charge in [0.2, 0.25) is 0 Å². The summed E-state index contributed by atoms with van der Waals surface area (Å²) in [6.45, 7) is 5.94. The molecule has 3 rings (SSSR count). The van der Waals surface area contributed by atoms with Crippen LogP contribution in [0.4, 0.5) is 0 Å². The van der Waals surface area contributed by atoms with Crippen LogP contribution in [-0.2, 0) is 5.41 Å². The Bertz CT molecular complexity index is 454. The average Bonchev–Trinajstić information content (AvgIpc) is 2.46. The highest BCUT2D eigenvalue weighted by atomic mass is 16.5. The predicted molar refractivity (Wildman–Crippen MR) is 66.6 cm³/mol. The molecular formula is C14H19NO2. The SMILES string of the molecule is CC1(C)C[C@@H](N)c2cc3c(cc21)OCCCO3. The van der Waals surface area contributed by atoms with E-state index < -0.39 is 0 Å². The third-order valence-corrected chi connectivity index (χ3v) is 3.78. The van der Waals surface area contributed by atoms with Crippen LogP contribution in [0.15, 0.2) is 12.1 Å². The first kappa shape index (κ1) is 10.9. The van der Waals surface area contributed by atoms with E-state index in [9.17, 15) is 0 Å². The fourth-order valence-electron chi connectivity index (χ4n) is 2.89. The van der Waals surface area contributed by atoms with Crippen molar-refractivity contribution >= 4 is 0 Å². The number of rotatable bonds is 0. The molecule has 3 nitrogen and oxygen atoms in total. The van der Waals surface area contributed by atoms with Crippen LogP contribution >= 0.6 is 0 Å². The standard InChI is InChI=1S/C14H19NO2/c1-14(2)8-11(15)9-6-12-13(7-10(9)14)17-5-3-4-16-12/h6-7,11H,3-5,8,15H2,1-2H3/t11-/m1/s1. The molecule has 1 heterocycles. The summed E-state index contributed by atoms with van der Waals surface area (Å²) < 4.78 is 11.4. The maximum absolute atomic E-state index is 6.20. The smallest absolute Gasteiger partial charge is 0.161 e. The summed E-state index contributed by atoms with van der Waals surface area (Å²) in [5.74, 6) is 1.73. The van der Waals surface area contributed by atoms with Crippen LogP contribution in [0.1, 0.15) is 43.9 Å². The molecule has 17 heavy (non-hydrogen) atoms. The summed E-state index contributed by atoms with van der Waals surface area (Å²) in [6, 6.07) is 4.33. The van der Waals surface area contributed by atoms with Crippen LogP contribution in [0, 0.1) is 0 Å². The van der Waals surface area contributed by atoms with Gasteiger partial charge < -0.3 is 15.2 Å². The highest BCUT2D eigenvalue weighted by Gasteiger charge is 2.36. The van der Waals surface area contributed by atoms with Gasteiger partial charge in [0.15, 0.2) is 11.5 Å². The third kappa shape index (κ3) is 1.69. The molecule has 0 unspecified atom stereocenters. The maximum Gasteiger partial charge on any atom is 0.161 e. The first-order chi connectivity index (χ1) is 8.08. The molecule has 1 aromatic carbocycles. The van der Waals surface area contributed by atoms with Gasteiger partial charge in [0.1, 0.15) is 0 Å². The minimum atomic E-state index is 0.122. The largest absolute Gasteiger partial charge is 0.490 e. The molecule has 92 valence electrons. The molecule has 0 saturated heterocycles. The summed E-state index contributed by atoms with van der Waals surface area (Å²) >= 11 is 0. The monoisotopic (exact) mass is 233 g/mol. The highest BCUT2D eigenvalue weighted by molar-refractivity contribution is 5.53. The number of nitrogens with two attached hydrogens (primary N) is 1. The fourth-order valence-corrected chi connectivity index (χ4v) is 2.89. The Morgan fingerprint density at radius 3 is 2.53 bits per heavy atom. The van der Waals surface area contributed by atoms with Gasteiger partial charge in [0.25, 0.3) is 0 Å². The molecule has 3 heteroatoms. The Hall–Kier alpha value is -1.22.